The molecule has 0 aromatic carbocycles. The molecule has 1 unspecified atom stereocenters. The van der Waals surface area contributed by atoms with Crippen LogP contribution in [0, 0.1) is 0 Å². The lowest BCUT2D eigenvalue weighted by atomic mass is 10.2. The Labute approximate surface area is 126 Å². The Kier molecular flexibility index (Phi) is 5.30. The Hall–Kier alpha value is -1.47. The summed E-state index contributed by atoms with van der Waals surface area (Å²) in [7, 11) is 2.11. The van der Waals surface area contributed by atoms with E-state index in [1.165, 1.54) is 0 Å². The van der Waals surface area contributed by atoms with E-state index in [9.17, 15) is 4.79 Å². The first-order valence-corrected chi connectivity index (χ1v) is 7.57. The predicted molar refractivity (Wildman–Crippen MR) is 80.8 cm³/mol. The van der Waals surface area contributed by atoms with Gasteiger partial charge in [-0.15, -0.1) is 10.2 Å². The standard InChI is InChI=1S/C14H26N6O/c1-11(2)20-10-16-17-13(20)9-15-14(21)12(3)19-7-5-18(4)6-8-19/h10-12H,5-9H2,1-4H3,(H,15,21). The van der Waals surface area contributed by atoms with Crippen LogP contribution in [0.3, 0.4) is 0 Å². The molecule has 1 aromatic rings. The van der Waals surface area contributed by atoms with Gasteiger partial charge in [-0.25, -0.2) is 0 Å². The summed E-state index contributed by atoms with van der Waals surface area (Å²) in [6, 6.07) is 0.191. The molecular weight excluding hydrogens is 268 g/mol. The second kappa shape index (κ2) is 7.00. The van der Waals surface area contributed by atoms with Gasteiger partial charge in [0.2, 0.25) is 5.91 Å². The highest BCUT2D eigenvalue weighted by Gasteiger charge is 2.24. The van der Waals surface area contributed by atoms with Crippen molar-refractivity contribution in [1.82, 2.24) is 29.9 Å². The molecule has 2 rings (SSSR count). The smallest absolute Gasteiger partial charge is 0.237 e. The van der Waals surface area contributed by atoms with Crippen LogP contribution in [-0.2, 0) is 11.3 Å². The highest BCUT2D eigenvalue weighted by Crippen LogP contribution is 2.07. The van der Waals surface area contributed by atoms with Crippen molar-refractivity contribution in [2.24, 2.45) is 0 Å². The summed E-state index contributed by atoms with van der Waals surface area (Å²) in [4.78, 5) is 16.8. The van der Waals surface area contributed by atoms with Crippen molar-refractivity contribution in [2.45, 2.75) is 39.4 Å². The zero-order valence-corrected chi connectivity index (χ0v) is 13.4. The number of likely N-dealkylation sites (N-methyl/N-ethyl adjacent to an activating group) is 1. The molecule has 0 bridgehead atoms. The summed E-state index contributed by atoms with van der Waals surface area (Å²) < 4.78 is 1.97. The van der Waals surface area contributed by atoms with E-state index in [0.717, 1.165) is 32.0 Å². The fourth-order valence-corrected chi connectivity index (χ4v) is 2.51. The van der Waals surface area contributed by atoms with Crippen LogP contribution in [0.4, 0.5) is 0 Å². The fraction of sp³-hybridized carbons (Fsp3) is 0.786. The summed E-state index contributed by atoms with van der Waals surface area (Å²) in [6.45, 7) is 10.4. The maximum absolute atomic E-state index is 12.3. The third-order valence-electron chi connectivity index (χ3n) is 4.09. The topological polar surface area (TPSA) is 66.3 Å². The normalized spacial score (nSPS) is 18.9. The summed E-state index contributed by atoms with van der Waals surface area (Å²) in [5, 5.41) is 11.0. The van der Waals surface area contributed by atoms with Gasteiger partial charge in [-0.1, -0.05) is 0 Å². The summed E-state index contributed by atoms with van der Waals surface area (Å²) in [5.41, 5.74) is 0. The molecule has 0 saturated carbocycles. The Bertz CT molecular complexity index is 464. The van der Waals surface area contributed by atoms with E-state index < -0.39 is 0 Å². The maximum atomic E-state index is 12.3. The number of nitrogens with one attached hydrogen (secondary N) is 1. The van der Waals surface area contributed by atoms with Crippen LogP contribution in [0.25, 0.3) is 0 Å². The third kappa shape index (κ3) is 4.01. The van der Waals surface area contributed by atoms with Gasteiger partial charge in [0.05, 0.1) is 12.6 Å². The fourth-order valence-electron chi connectivity index (χ4n) is 2.51. The highest BCUT2D eigenvalue weighted by molar-refractivity contribution is 5.81. The minimum absolute atomic E-state index is 0.0536. The summed E-state index contributed by atoms with van der Waals surface area (Å²) >= 11 is 0. The van der Waals surface area contributed by atoms with Crippen LogP contribution in [0.15, 0.2) is 6.33 Å². The number of hydrogen-bond acceptors (Lipinski definition) is 5. The molecule has 1 aliphatic heterocycles. The van der Waals surface area contributed by atoms with Crippen molar-refractivity contribution >= 4 is 5.91 Å². The first-order chi connectivity index (χ1) is 9.99. The average molecular weight is 294 g/mol. The molecule has 1 aliphatic rings. The third-order valence-corrected chi connectivity index (χ3v) is 4.09. The van der Waals surface area contributed by atoms with E-state index in [0.29, 0.717) is 12.6 Å². The number of carbonyl (C=O) groups is 1. The Balaban J connectivity index is 1.85. The largest absolute Gasteiger partial charge is 0.347 e. The maximum Gasteiger partial charge on any atom is 0.237 e. The molecule has 0 radical (unpaired) electrons. The lowest BCUT2D eigenvalue weighted by Gasteiger charge is -2.35. The van der Waals surface area contributed by atoms with E-state index in [4.69, 9.17) is 0 Å². The number of rotatable bonds is 5. The molecule has 118 valence electrons. The van der Waals surface area contributed by atoms with Gasteiger partial charge in [-0.3, -0.25) is 9.69 Å². The van der Waals surface area contributed by atoms with Crippen LogP contribution < -0.4 is 5.32 Å². The molecule has 1 aromatic heterocycles. The highest BCUT2D eigenvalue weighted by atomic mass is 16.2. The van der Waals surface area contributed by atoms with Crippen LogP contribution in [0.5, 0.6) is 0 Å². The van der Waals surface area contributed by atoms with Crippen molar-refractivity contribution in [2.75, 3.05) is 33.2 Å². The molecule has 1 fully saturated rings. The molecule has 1 saturated heterocycles. The monoisotopic (exact) mass is 294 g/mol. The van der Waals surface area contributed by atoms with Gasteiger partial charge in [0.1, 0.15) is 6.33 Å². The van der Waals surface area contributed by atoms with Gasteiger partial charge in [0, 0.05) is 32.2 Å². The molecule has 0 aliphatic carbocycles. The van der Waals surface area contributed by atoms with E-state index in [2.05, 4.69) is 46.2 Å². The van der Waals surface area contributed by atoms with Crippen molar-refractivity contribution in [1.29, 1.82) is 0 Å². The van der Waals surface area contributed by atoms with Crippen molar-refractivity contribution < 1.29 is 4.79 Å². The van der Waals surface area contributed by atoms with E-state index in [-0.39, 0.29) is 11.9 Å². The zero-order valence-electron chi connectivity index (χ0n) is 13.4. The van der Waals surface area contributed by atoms with Gasteiger partial charge in [-0.05, 0) is 27.8 Å². The van der Waals surface area contributed by atoms with Crippen LogP contribution in [0.1, 0.15) is 32.6 Å². The van der Waals surface area contributed by atoms with Crippen molar-refractivity contribution in [3.05, 3.63) is 12.2 Å². The molecule has 1 atom stereocenters. The molecule has 1 amide bonds. The van der Waals surface area contributed by atoms with Crippen molar-refractivity contribution in [3.63, 3.8) is 0 Å². The molecule has 7 heteroatoms. The van der Waals surface area contributed by atoms with E-state index in [1.807, 2.05) is 11.5 Å². The second-order valence-electron chi connectivity index (χ2n) is 5.98. The number of piperazine rings is 1. The molecule has 1 N–H and O–H groups in total. The first kappa shape index (κ1) is 15.9. The van der Waals surface area contributed by atoms with Gasteiger partial charge in [0.15, 0.2) is 5.82 Å². The van der Waals surface area contributed by atoms with Crippen molar-refractivity contribution in [3.8, 4) is 0 Å². The minimum atomic E-state index is -0.103. The van der Waals surface area contributed by atoms with Crippen LogP contribution in [-0.4, -0.2) is 69.7 Å². The molecule has 21 heavy (non-hydrogen) atoms. The molecule has 7 nitrogen and oxygen atoms in total. The summed E-state index contributed by atoms with van der Waals surface area (Å²) in [6.07, 6.45) is 1.70. The zero-order chi connectivity index (χ0) is 15.4. The summed E-state index contributed by atoms with van der Waals surface area (Å²) in [5.74, 6) is 0.849. The Morgan fingerprint density at radius 3 is 2.57 bits per heavy atom. The Morgan fingerprint density at radius 2 is 1.95 bits per heavy atom. The Morgan fingerprint density at radius 1 is 1.29 bits per heavy atom. The quantitative estimate of drug-likeness (QED) is 0.835. The minimum Gasteiger partial charge on any atom is -0.347 e. The van der Waals surface area contributed by atoms with E-state index >= 15 is 0 Å². The number of amides is 1. The molecule has 2 heterocycles. The lowest BCUT2D eigenvalue weighted by molar-refractivity contribution is -0.126. The number of nitrogens with zero attached hydrogens (tertiary/aromatic N) is 5. The van der Waals surface area contributed by atoms with Gasteiger partial charge in [0.25, 0.3) is 0 Å². The lowest BCUT2D eigenvalue weighted by Crippen LogP contribution is -2.52. The number of hydrogen-bond donors (Lipinski definition) is 1. The first-order valence-electron chi connectivity index (χ1n) is 7.57. The van der Waals surface area contributed by atoms with Gasteiger partial charge in [-0.2, -0.15) is 0 Å². The van der Waals surface area contributed by atoms with Gasteiger partial charge < -0.3 is 14.8 Å². The second-order valence-corrected chi connectivity index (χ2v) is 5.98. The SMILES string of the molecule is CC(C(=O)NCc1nncn1C(C)C)N1CCN(C)CC1. The average Bonchev–Trinajstić information content (AvgIpc) is 2.93. The van der Waals surface area contributed by atoms with Crippen LogP contribution in [0.2, 0.25) is 0 Å². The number of carbonyl (C=O) groups excluding carboxylic acids is 1. The molecular formula is C14H26N6O. The van der Waals surface area contributed by atoms with E-state index in [1.54, 1.807) is 6.33 Å². The van der Waals surface area contributed by atoms with Crippen LogP contribution >= 0.6 is 0 Å². The van der Waals surface area contributed by atoms with Gasteiger partial charge >= 0.3 is 0 Å². The predicted octanol–water partition coefficient (Wildman–Crippen LogP) is 0.111. The number of aromatic nitrogens is 3. The molecule has 0 spiro atoms.